The standard InChI is InChI=1S/Er.2NO3.5H2O/c;2*2-1(3)4;;;;;/h;;;5*1H2/q;2*-1;;;;;. The van der Waals surface area contributed by atoms with Gasteiger partial charge in [-0.1, -0.05) is 0 Å². The first-order valence-corrected chi connectivity index (χ1v) is 1.10. The molecule has 13 nitrogen and oxygen atoms in total. The quantitative estimate of drug-likeness (QED) is 0.293. The third-order valence-electron chi connectivity index (χ3n) is 0. The Morgan fingerprint density at radius 1 is 0.571 bits per heavy atom. The molecule has 0 aliphatic heterocycles. The molecule has 0 aliphatic carbocycles. The molecule has 0 bridgehead atoms. The SMILES string of the molecule is O.O.O.O.O.O=[N+]([O-])[O-].O=[N+]([O-])[O-].[Er]. The van der Waals surface area contributed by atoms with Crippen molar-refractivity contribution in [3.8, 4) is 0 Å². The first-order valence-electron chi connectivity index (χ1n) is 1.10. The van der Waals surface area contributed by atoms with Crippen LogP contribution < -0.4 is 0 Å². The summed E-state index contributed by atoms with van der Waals surface area (Å²) in [5, 5.41) is 29.5. The summed E-state index contributed by atoms with van der Waals surface area (Å²) in [6.45, 7) is 0. The van der Waals surface area contributed by atoms with Gasteiger partial charge in [0.2, 0.25) is 0 Å². The molecule has 0 aromatic heterocycles. The average molecular weight is 381 g/mol. The Morgan fingerprint density at radius 2 is 0.571 bits per heavy atom. The van der Waals surface area contributed by atoms with E-state index in [-0.39, 0.29) is 64.7 Å². The third kappa shape index (κ3) is 4080. The smallest absolute Gasteiger partial charge is 0.0689 e. The zero-order chi connectivity index (χ0) is 7.15. The molecule has 0 saturated carbocycles. The molecule has 0 unspecified atom stereocenters. The number of hydrogen-bond acceptors (Lipinski definition) is 6. The molecule has 0 aromatic carbocycles. The maximum Gasteiger partial charge on any atom is 0.0689 e. The Balaban J connectivity index is -0.00000000600. The van der Waals surface area contributed by atoms with Gasteiger partial charge in [0, 0.05) is 37.3 Å². The van der Waals surface area contributed by atoms with Crippen molar-refractivity contribution >= 4 is 0 Å². The molecule has 100 valence electrons. The van der Waals surface area contributed by atoms with Gasteiger partial charge in [-0.15, -0.1) is 0 Å². The van der Waals surface area contributed by atoms with Crippen LogP contribution in [-0.4, -0.2) is 37.6 Å². The summed E-state index contributed by atoms with van der Waals surface area (Å²) >= 11 is 0. The van der Waals surface area contributed by atoms with Crippen molar-refractivity contribution in [2.24, 2.45) is 0 Å². The maximum atomic E-state index is 8.25. The minimum atomic E-state index is -1.75. The summed E-state index contributed by atoms with van der Waals surface area (Å²) < 4.78 is 0. The number of nitrogens with zero attached hydrogens (tertiary/aromatic N) is 2. The normalized spacial score (nSPS) is 3.43. The van der Waals surface area contributed by atoms with Crippen LogP contribution in [0.5, 0.6) is 0 Å². The van der Waals surface area contributed by atoms with E-state index in [0.29, 0.717) is 0 Å². The predicted octanol–water partition coefficient (Wildman–Crippen LogP) is -4.60. The van der Waals surface area contributed by atoms with Crippen molar-refractivity contribution in [1.29, 1.82) is 0 Å². The van der Waals surface area contributed by atoms with Crippen LogP contribution in [0.1, 0.15) is 0 Å². The van der Waals surface area contributed by atoms with Crippen LogP contribution in [0.2, 0.25) is 0 Å². The van der Waals surface area contributed by atoms with Crippen molar-refractivity contribution in [1.82, 2.24) is 0 Å². The fourth-order valence-corrected chi connectivity index (χ4v) is 0. The molecule has 0 rings (SSSR count). The monoisotopic (exact) mass is 380 g/mol. The molecule has 0 spiro atoms. The summed E-state index contributed by atoms with van der Waals surface area (Å²) in [5.74, 6) is 0. The minimum absolute atomic E-state index is 0. The van der Waals surface area contributed by atoms with Crippen LogP contribution in [0.25, 0.3) is 0 Å². The molecule has 0 aliphatic rings. The molecule has 0 saturated heterocycles. The van der Waals surface area contributed by atoms with Crippen LogP contribution in [0.3, 0.4) is 0 Å². The maximum absolute atomic E-state index is 8.25. The second-order valence-electron chi connectivity index (χ2n) is 0.447. The molecule has 0 atom stereocenters. The fraction of sp³-hybridized carbons (Fsp3) is 0. The Labute approximate surface area is 105 Å². The van der Waals surface area contributed by atoms with Crippen molar-refractivity contribution in [3.05, 3.63) is 30.6 Å². The van der Waals surface area contributed by atoms with Gasteiger partial charge in [0.15, 0.2) is 0 Å². The fourth-order valence-electron chi connectivity index (χ4n) is 0. The Kier molecular flexibility index (Phi) is 276. The van der Waals surface area contributed by atoms with Gasteiger partial charge in [-0.2, -0.15) is 0 Å². The van der Waals surface area contributed by atoms with E-state index >= 15 is 0 Å². The molecular formula is H10ErN2O11-2. The number of hydrogen-bond donors (Lipinski definition) is 0. The van der Waals surface area contributed by atoms with E-state index in [2.05, 4.69) is 0 Å². The van der Waals surface area contributed by atoms with Crippen LogP contribution in [0.15, 0.2) is 0 Å². The van der Waals surface area contributed by atoms with Gasteiger partial charge in [0.1, 0.15) is 0 Å². The summed E-state index contributed by atoms with van der Waals surface area (Å²) in [7, 11) is 0. The summed E-state index contributed by atoms with van der Waals surface area (Å²) in [6.07, 6.45) is 0. The zero-order valence-corrected chi connectivity index (χ0v) is 7.98. The number of rotatable bonds is 0. The van der Waals surface area contributed by atoms with Gasteiger partial charge in [-0.05, 0) is 0 Å². The van der Waals surface area contributed by atoms with Crippen LogP contribution in [0, 0.1) is 67.9 Å². The van der Waals surface area contributed by atoms with E-state index in [4.69, 9.17) is 30.6 Å². The summed E-state index contributed by atoms with van der Waals surface area (Å²) in [6, 6.07) is 0. The van der Waals surface area contributed by atoms with Gasteiger partial charge in [-0.3, -0.25) is 0 Å². The summed E-state index contributed by atoms with van der Waals surface area (Å²) in [5.41, 5.74) is 0. The molecular weight excluding hydrogens is 371 g/mol. The molecule has 10 N–H and O–H groups in total. The van der Waals surface area contributed by atoms with E-state index in [9.17, 15) is 0 Å². The Bertz CT molecular complexity index is 71.3. The van der Waals surface area contributed by atoms with Crippen LogP contribution in [0.4, 0.5) is 0 Å². The van der Waals surface area contributed by atoms with E-state index in [1.54, 1.807) is 0 Å². The molecule has 0 amide bonds. The minimum Gasteiger partial charge on any atom is -0.412 e. The van der Waals surface area contributed by atoms with Gasteiger partial charge in [-0.25, -0.2) is 0 Å². The third-order valence-corrected chi connectivity index (χ3v) is 0. The molecule has 14 heteroatoms. The first kappa shape index (κ1) is 70.2. The molecule has 14 heavy (non-hydrogen) atoms. The van der Waals surface area contributed by atoms with Crippen molar-refractivity contribution in [3.63, 3.8) is 0 Å². The second kappa shape index (κ2) is 55.0. The van der Waals surface area contributed by atoms with Crippen molar-refractivity contribution < 1.29 is 74.9 Å². The van der Waals surface area contributed by atoms with Crippen LogP contribution >= 0.6 is 0 Å². The molecule has 0 heterocycles. The summed E-state index contributed by atoms with van der Waals surface area (Å²) in [4.78, 5) is 16.5. The van der Waals surface area contributed by atoms with Crippen LogP contribution in [-0.2, 0) is 0 Å². The van der Waals surface area contributed by atoms with Crippen molar-refractivity contribution in [2.45, 2.75) is 0 Å². The zero-order valence-electron chi connectivity index (χ0n) is 6.13. The average Bonchev–Trinajstić information content (AvgIpc) is 1.25. The van der Waals surface area contributed by atoms with E-state index in [0.717, 1.165) is 0 Å². The van der Waals surface area contributed by atoms with Gasteiger partial charge in [0.25, 0.3) is 0 Å². The van der Waals surface area contributed by atoms with E-state index in [1.165, 1.54) is 0 Å². The Morgan fingerprint density at radius 3 is 0.571 bits per heavy atom. The molecule has 0 radical (unpaired) electrons. The van der Waals surface area contributed by atoms with Gasteiger partial charge in [0.05, 0.1) is 10.2 Å². The van der Waals surface area contributed by atoms with E-state index < -0.39 is 10.2 Å². The molecule has 0 fully saturated rings. The predicted molar refractivity (Wildman–Crippen MR) is 38.8 cm³/mol. The van der Waals surface area contributed by atoms with E-state index in [1.807, 2.05) is 0 Å². The van der Waals surface area contributed by atoms with Gasteiger partial charge < -0.3 is 58.0 Å². The largest absolute Gasteiger partial charge is 0.412 e. The Hall–Kier alpha value is -0.553. The topological polar surface area (TPSA) is 290 Å². The van der Waals surface area contributed by atoms with Gasteiger partial charge >= 0.3 is 0 Å². The first-order chi connectivity index (χ1) is 3.46. The van der Waals surface area contributed by atoms with Crippen molar-refractivity contribution in [2.75, 3.05) is 0 Å². The second-order valence-corrected chi connectivity index (χ2v) is 0.447. The molecule has 0 aromatic rings.